The molecule has 5 heteroatoms. The van der Waals surface area contributed by atoms with Crippen LogP contribution >= 0.6 is 11.8 Å². The number of nitrogens with zero attached hydrogens (tertiary/aromatic N) is 1. The second kappa shape index (κ2) is 8.93. The average molecular weight is 324 g/mol. The van der Waals surface area contributed by atoms with Gasteiger partial charge in [0.15, 0.2) is 5.96 Å². The van der Waals surface area contributed by atoms with E-state index < -0.39 is 0 Å². The zero-order valence-electron chi connectivity index (χ0n) is 14.6. The van der Waals surface area contributed by atoms with Gasteiger partial charge in [0.2, 0.25) is 0 Å². The quantitative estimate of drug-likeness (QED) is 0.597. The zero-order chi connectivity index (χ0) is 16.6. The van der Waals surface area contributed by atoms with Crippen LogP contribution in [0.15, 0.2) is 23.2 Å². The van der Waals surface area contributed by atoms with E-state index in [0.29, 0.717) is 6.61 Å². The molecule has 22 heavy (non-hydrogen) atoms. The van der Waals surface area contributed by atoms with Crippen LogP contribution in [-0.2, 0) is 6.54 Å². The van der Waals surface area contributed by atoms with Crippen molar-refractivity contribution in [2.24, 2.45) is 4.99 Å². The second-order valence-electron chi connectivity index (χ2n) is 5.78. The highest BCUT2D eigenvalue weighted by atomic mass is 32.2. The number of aliphatic imine (C=N–C) groups is 1. The Morgan fingerprint density at radius 1 is 1.32 bits per heavy atom. The molecule has 0 saturated heterocycles. The minimum Gasteiger partial charge on any atom is -0.494 e. The molecule has 124 valence electrons. The number of guanidine groups is 1. The van der Waals surface area contributed by atoms with Crippen molar-refractivity contribution >= 4 is 17.7 Å². The van der Waals surface area contributed by atoms with Crippen LogP contribution in [0.5, 0.6) is 5.75 Å². The van der Waals surface area contributed by atoms with Crippen molar-refractivity contribution in [1.29, 1.82) is 0 Å². The molecule has 1 rings (SSSR count). The van der Waals surface area contributed by atoms with E-state index in [0.717, 1.165) is 30.4 Å². The standard InChI is InChI=1S/C17H29N3OS/c1-7-21-15-9-8-14(10-13(15)2)11-19-16(18-5)20-12-17(3,4)22-6/h8-10H,7,11-12H2,1-6H3,(H2,18,19,20). The maximum atomic E-state index is 5.57. The highest BCUT2D eigenvalue weighted by Crippen LogP contribution is 2.20. The molecular weight excluding hydrogens is 294 g/mol. The third-order valence-corrected chi connectivity index (χ3v) is 4.71. The summed E-state index contributed by atoms with van der Waals surface area (Å²) in [5, 5.41) is 6.72. The Morgan fingerprint density at radius 3 is 2.59 bits per heavy atom. The molecule has 0 amide bonds. The fraction of sp³-hybridized carbons (Fsp3) is 0.588. The Balaban J connectivity index is 2.55. The van der Waals surface area contributed by atoms with Gasteiger partial charge < -0.3 is 15.4 Å². The average Bonchev–Trinajstić information content (AvgIpc) is 2.50. The Hall–Kier alpha value is -1.36. The van der Waals surface area contributed by atoms with Gasteiger partial charge in [-0.05, 0) is 51.1 Å². The molecule has 0 spiro atoms. The highest BCUT2D eigenvalue weighted by Gasteiger charge is 2.16. The minimum absolute atomic E-state index is 0.188. The highest BCUT2D eigenvalue weighted by molar-refractivity contribution is 7.99. The van der Waals surface area contributed by atoms with Crippen molar-refractivity contribution in [2.75, 3.05) is 26.5 Å². The molecule has 0 aliphatic rings. The largest absolute Gasteiger partial charge is 0.494 e. The molecule has 0 atom stereocenters. The summed E-state index contributed by atoms with van der Waals surface area (Å²) < 4.78 is 5.76. The molecule has 0 aromatic heterocycles. The van der Waals surface area contributed by atoms with E-state index in [1.54, 1.807) is 7.05 Å². The van der Waals surface area contributed by atoms with Gasteiger partial charge in [0.05, 0.1) is 6.61 Å². The number of hydrogen-bond acceptors (Lipinski definition) is 3. The Kier molecular flexibility index (Phi) is 7.59. The van der Waals surface area contributed by atoms with Gasteiger partial charge >= 0.3 is 0 Å². The summed E-state index contributed by atoms with van der Waals surface area (Å²) in [6.45, 7) is 10.8. The number of ether oxygens (including phenoxy) is 1. The molecule has 0 aliphatic heterocycles. The number of benzene rings is 1. The first kappa shape index (κ1) is 18.7. The fourth-order valence-corrected chi connectivity index (χ4v) is 2.13. The molecule has 0 unspecified atom stereocenters. The second-order valence-corrected chi connectivity index (χ2v) is 7.29. The van der Waals surface area contributed by atoms with E-state index in [-0.39, 0.29) is 4.75 Å². The third kappa shape index (κ3) is 6.18. The number of rotatable bonds is 7. The number of hydrogen-bond donors (Lipinski definition) is 2. The van der Waals surface area contributed by atoms with Gasteiger partial charge in [0.25, 0.3) is 0 Å². The van der Waals surface area contributed by atoms with E-state index in [4.69, 9.17) is 4.74 Å². The van der Waals surface area contributed by atoms with Gasteiger partial charge in [0.1, 0.15) is 5.75 Å². The molecule has 0 aliphatic carbocycles. The molecule has 1 aromatic carbocycles. The lowest BCUT2D eigenvalue weighted by Crippen LogP contribution is -2.42. The Morgan fingerprint density at radius 2 is 2.05 bits per heavy atom. The summed E-state index contributed by atoms with van der Waals surface area (Å²) in [6.07, 6.45) is 2.13. The molecule has 0 saturated carbocycles. The topological polar surface area (TPSA) is 45.6 Å². The van der Waals surface area contributed by atoms with Crippen LogP contribution in [0.4, 0.5) is 0 Å². The van der Waals surface area contributed by atoms with E-state index in [2.05, 4.69) is 54.8 Å². The third-order valence-electron chi connectivity index (χ3n) is 3.46. The van der Waals surface area contributed by atoms with Crippen LogP contribution in [0, 0.1) is 6.92 Å². The van der Waals surface area contributed by atoms with Gasteiger partial charge in [-0.1, -0.05) is 12.1 Å². The van der Waals surface area contributed by atoms with Crippen molar-refractivity contribution in [3.63, 3.8) is 0 Å². The van der Waals surface area contributed by atoms with Gasteiger partial charge in [-0.2, -0.15) is 11.8 Å². The SMILES string of the molecule is CCOc1ccc(CNC(=NC)NCC(C)(C)SC)cc1C. The summed E-state index contributed by atoms with van der Waals surface area (Å²) in [5.41, 5.74) is 2.38. The van der Waals surface area contributed by atoms with Crippen molar-refractivity contribution in [2.45, 2.75) is 39.0 Å². The van der Waals surface area contributed by atoms with E-state index in [1.165, 1.54) is 5.56 Å². The first-order valence-corrected chi connectivity index (χ1v) is 8.86. The lowest BCUT2D eigenvalue weighted by atomic mass is 10.1. The van der Waals surface area contributed by atoms with Crippen molar-refractivity contribution in [3.05, 3.63) is 29.3 Å². The number of aryl methyl sites for hydroxylation is 1. The van der Waals surface area contributed by atoms with Crippen molar-refractivity contribution in [3.8, 4) is 5.75 Å². The van der Waals surface area contributed by atoms with Gasteiger partial charge in [-0.15, -0.1) is 0 Å². The normalized spacial score (nSPS) is 12.2. The first-order chi connectivity index (χ1) is 10.4. The van der Waals surface area contributed by atoms with Crippen molar-refractivity contribution in [1.82, 2.24) is 10.6 Å². The molecule has 0 heterocycles. The molecule has 2 N–H and O–H groups in total. The lowest BCUT2D eigenvalue weighted by molar-refractivity contribution is 0.338. The van der Waals surface area contributed by atoms with Crippen LogP contribution in [-0.4, -0.2) is 37.2 Å². The molecule has 4 nitrogen and oxygen atoms in total. The smallest absolute Gasteiger partial charge is 0.191 e. The lowest BCUT2D eigenvalue weighted by Gasteiger charge is -2.23. The monoisotopic (exact) mass is 323 g/mol. The summed E-state index contributed by atoms with van der Waals surface area (Å²) >= 11 is 1.84. The van der Waals surface area contributed by atoms with E-state index in [1.807, 2.05) is 24.8 Å². The predicted molar refractivity (Wildman–Crippen MR) is 98.1 cm³/mol. The van der Waals surface area contributed by atoms with E-state index in [9.17, 15) is 0 Å². The first-order valence-electron chi connectivity index (χ1n) is 7.64. The summed E-state index contributed by atoms with van der Waals surface area (Å²) in [5.74, 6) is 1.78. The summed E-state index contributed by atoms with van der Waals surface area (Å²) in [6, 6.07) is 6.27. The summed E-state index contributed by atoms with van der Waals surface area (Å²) in [4.78, 5) is 4.27. The molecule has 1 aromatic rings. The van der Waals surface area contributed by atoms with Gasteiger partial charge in [0, 0.05) is 24.9 Å². The fourth-order valence-electron chi connectivity index (χ4n) is 1.91. The van der Waals surface area contributed by atoms with E-state index >= 15 is 0 Å². The summed E-state index contributed by atoms with van der Waals surface area (Å²) in [7, 11) is 1.80. The van der Waals surface area contributed by atoms with Gasteiger partial charge in [-0.25, -0.2) is 0 Å². The predicted octanol–water partition coefficient (Wildman–Crippen LogP) is 3.20. The molecule has 0 radical (unpaired) electrons. The number of nitrogens with one attached hydrogen (secondary N) is 2. The Labute approximate surface area is 139 Å². The maximum absolute atomic E-state index is 5.57. The Bertz CT molecular complexity index is 501. The van der Waals surface area contributed by atoms with Gasteiger partial charge in [-0.3, -0.25) is 4.99 Å². The van der Waals surface area contributed by atoms with Crippen LogP contribution in [0.2, 0.25) is 0 Å². The van der Waals surface area contributed by atoms with Crippen LogP contribution in [0.3, 0.4) is 0 Å². The number of thioether (sulfide) groups is 1. The maximum Gasteiger partial charge on any atom is 0.191 e. The van der Waals surface area contributed by atoms with Crippen LogP contribution in [0.1, 0.15) is 31.9 Å². The van der Waals surface area contributed by atoms with Crippen LogP contribution < -0.4 is 15.4 Å². The minimum atomic E-state index is 0.188. The molecule has 0 bridgehead atoms. The zero-order valence-corrected chi connectivity index (χ0v) is 15.4. The molecule has 0 fully saturated rings. The van der Waals surface area contributed by atoms with Crippen LogP contribution in [0.25, 0.3) is 0 Å². The van der Waals surface area contributed by atoms with Crippen molar-refractivity contribution < 1.29 is 4.74 Å². The molecular formula is C17H29N3OS.